The molecule has 0 aliphatic carbocycles. The van der Waals surface area contributed by atoms with Gasteiger partial charge in [0.05, 0.1) is 11.6 Å². The zero-order valence-corrected chi connectivity index (χ0v) is 15.8. The normalized spacial score (nSPS) is 9.92. The second-order valence-electron chi connectivity index (χ2n) is 5.70. The molecule has 0 N–H and O–H groups in total. The van der Waals surface area contributed by atoms with E-state index in [2.05, 4.69) is 0 Å². The summed E-state index contributed by atoms with van der Waals surface area (Å²) in [5.41, 5.74) is 1.19. The quantitative estimate of drug-likeness (QED) is 0.310. The van der Waals surface area contributed by atoms with Crippen LogP contribution in [0.5, 0.6) is 0 Å². The molecule has 0 atom stereocenters. The first-order valence-electron chi connectivity index (χ1n) is 8.22. The molecule has 0 spiro atoms. The minimum absolute atomic E-state index is 0. The van der Waals surface area contributed by atoms with Gasteiger partial charge in [-0.1, -0.05) is 17.7 Å². The van der Waals surface area contributed by atoms with Crippen LogP contribution >= 0.6 is 0 Å². The summed E-state index contributed by atoms with van der Waals surface area (Å²) in [7, 11) is 0. The Bertz CT molecular complexity index is 846. The van der Waals surface area contributed by atoms with Gasteiger partial charge in [-0.2, -0.15) is 12.1 Å². The predicted octanol–water partition coefficient (Wildman–Crippen LogP) is 5.80. The Balaban J connectivity index is 0.000000351. The molecule has 0 saturated carbocycles. The van der Waals surface area contributed by atoms with Crippen LogP contribution in [0.4, 0.5) is 8.78 Å². The summed E-state index contributed by atoms with van der Waals surface area (Å²) in [6, 6.07) is 23.7. The SMILES string of the molecule is Fc1ccc(CCn2cccc2)c(F)c1-[c-]1cccc1.[Ti].[cH-]1[cH-][cH-][cH-][cH-]1. The molecule has 1 heterocycles. The largest absolute Gasteiger partial charge is 0.748 e. The molecule has 0 unspecified atom stereocenters. The van der Waals surface area contributed by atoms with Crippen molar-refractivity contribution < 1.29 is 30.5 Å². The standard InChI is InChI=1S/C17H14F2N.C5H5.Ti/c18-15-8-7-14(9-12-20-10-3-4-11-20)17(19)16(15)13-5-1-2-6-13;1-2-4-5-3-1;/h1-8,10-11H,9,12H2;1-5H;/q-1;-5;. The predicted molar refractivity (Wildman–Crippen MR) is 97.6 cm³/mol. The van der Waals surface area contributed by atoms with Crippen molar-refractivity contribution in [2.45, 2.75) is 13.0 Å². The summed E-state index contributed by atoms with van der Waals surface area (Å²) >= 11 is 0. The van der Waals surface area contributed by atoms with E-state index >= 15 is 0 Å². The Hall–Kier alpha value is -2.23. The van der Waals surface area contributed by atoms with Gasteiger partial charge < -0.3 is 34.9 Å². The number of hydrogen-bond donors (Lipinski definition) is 0. The van der Waals surface area contributed by atoms with Gasteiger partial charge in [0.25, 0.3) is 0 Å². The molecular formula is C22H19F2NTi-6. The molecule has 0 fully saturated rings. The molecule has 3 aromatic carbocycles. The van der Waals surface area contributed by atoms with Gasteiger partial charge in [0.2, 0.25) is 0 Å². The van der Waals surface area contributed by atoms with Crippen LogP contribution in [-0.2, 0) is 34.7 Å². The summed E-state index contributed by atoms with van der Waals surface area (Å²) in [5, 5.41) is 0. The van der Waals surface area contributed by atoms with Gasteiger partial charge in [0.15, 0.2) is 0 Å². The van der Waals surface area contributed by atoms with Gasteiger partial charge in [-0.05, 0) is 29.7 Å². The van der Waals surface area contributed by atoms with E-state index in [1.807, 2.05) is 59.4 Å². The Labute approximate surface area is 167 Å². The van der Waals surface area contributed by atoms with Crippen LogP contribution < -0.4 is 0 Å². The van der Waals surface area contributed by atoms with Crippen LogP contribution in [0.2, 0.25) is 0 Å². The number of benzene rings is 1. The zero-order chi connectivity index (χ0) is 17.5. The molecule has 4 heteroatoms. The molecule has 4 rings (SSSR count). The van der Waals surface area contributed by atoms with E-state index in [0.717, 1.165) is 0 Å². The first-order valence-corrected chi connectivity index (χ1v) is 8.22. The molecule has 26 heavy (non-hydrogen) atoms. The Morgan fingerprint density at radius 2 is 1.42 bits per heavy atom. The van der Waals surface area contributed by atoms with Crippen LogP contribution in [-0.4, -0.2) is 4.57 Å². The van der Waals surface area contributed by atoms with Crippen LogP contribution in [0.3, 0.4) is 0 Å². The summed E-state index contributed by atoms with van der Waals surface area (Å²) < 4.78 is 30.3. The number of hydrogen-bond acceptors (Lipinski definition) is 0. The summed E-state index contributed by atoms with van der Waals surface area (Å²) in [5.74, 6) is -0.971. The monoisotopic (exact) mass is 383 g/mol. The number of nitrogens with zero attached hydrogens (tertiary/aromatic N) is 1. The van der Waals surface area contributed by atoms with Crippen LogP contribution in [0.1, 0.15) is 5.56 Å². The van der Waals surface area contributed by atoms with Crippen molar-refractivity contribution >= 4 is 0 Å². The third kappa shape index (κ3) is 5.14. The second-order valence-corrected chi connectivity index (χ2v) is 5.70. The Morgan fingerprint density at radius 1 is 0.846 bits per heavy atom. The van der Waals surface area contributed by atoms with E-state index in [4.69, 9.17) is 0 Å². The van der Waals surface area contributed by atoms with Crippen molar-refractivity contribution in [2.75, 3.05) is 0 Å². The van der Waals surface area contributed by atoms with Gasteiger partial charge in [0.1, 0.15) is 0 Å². The molecule has 4 aromatic rings. The van der Waals surface area contributed by atoms with Crippen molar-refractivity contribution in [3.63, 3.8) is 0 Å². The molecule has 0 aliphatic rings. The van der Waals surface area contributed by atoms with E-state index < -0.39 is 11.6 Å². The maximum Gasteiger partial charge on any atom is 0.0690 e. The fourth-order valence-electron chi connectivity index (χ4n) is 2.68. The van der Waals surface area contributed by atoms with Crippen molar-refractivity contribution in [2.24, 2.45) is 0 Å². The average Bonchev–Trinajstić information content (AvgIpc) is 3.37. The molecule has 0 saturated heterocycles. The molecule has 1 nitrogen and oxygen atoms in total. The van der Waals surface area contributed by atoms with Crippen LogP contribution in [0.15, 0.2) is 91.3 Å². The Kier molecular flexibility index (Phi) is 7.77. The molecular weight excluding hydrogens is 364 g/mol. The van der Waals surface area contributed by atoms with Gasteiger partial charge in [-0.15, -0.1) is 12.1 Å². The van der Waals surface area contributed by atoms with Gasteiger partial charge in [-0.3, -0.25) is 8.78 Å². The van der Waals surface area contributed by atoms with E-state index in [1.165, 1.54) is 12.1 Å². The van der Waals surface area contributed by atoms with Crippen molar-refractivity contribution in [3.05, 3.63) is 108 Å². The fraction of sp³-hybridized carbons (Fsp3) is 0.0909. The topological polar surface area (TPSA) is 4.93 Å². The third-order valence-electron chi connectivity index (χ3n) is 3.98. The molecule has 136 valence electrons. The molecule has 0 radical (unpaired) electrons. The number of aromatic nitrogens is 1. The zero-order valence-electron chi connectivity index (χ0n) is 14.3. The van der Waals surface area contributed by atoms with Crippen LogP contribution in [0, 0.1) is 11.6 Å². The van der Waals surface area contributed by atoms with E-state index in [-0.39, 0.29) is 27.3 Å². The van der Waals surface area contributed by atoms with Gasteiger partial charge >= 0.3 is 0 Å². The molecule has 0 aliphatic heterocycles. The smallest absolute Gasteiger partial charge is 0.0690 e. The Morgan fingerprint density at radius 3 is 2.00 bits per heavy atom. The molecule has 1 aromatic heterocycles. The van der Waals surface area contributed by atoms with E-state index in [0.29, 0.717) is 24.1 Å². The minimum Gasteiger partial charge on any atom is -0.748 e. The van der Waals surface area contributed by atoms with Crippen LogP contribution in [0.25, 0.3) is 11.1 Å². The van der Waals surface area contributed by atoms with Crippen molar-refractivity contribution in [3.8, 4) is 11.1 Å². The van der Waals surface area contributed by atoms with Crippen molar-refractivity contribution in [1.29, 1.82) is 0 Å². The van der Waals surface area contributed by atoms with Gasteiger partial charge in [0, 0.05) is 40.7 Å². The summed E-state index contributed by atoms with van der Waals surface area (Å²) in [6.07, 6.45) is 4.40. The maximum atomic E-state index is 14.5. The van der Waals surface area contributed by atoms with E-state index in [1.54, 1.807) is 24.3 Å². The summed E-state index contributed by atoms with van der Waals surface area (Å²) in [6.45, 7) is 0.677. The maximum absolute atomic E-state index is 14.5. The first kappa shape index (κ1) is 20.1. The number of rotatable bonds is 4. The molecule has 0 amide bonds. The average molecular weight is 383 g/mol. The number of halogens is 2. The number of aryl methyl sites for hydroxylation is 2. The summed E-state index contributed by atoms with van der Waals surface area (Å²) in [4.78, 5) is 0. The van der Waals surface area contributed by atoms with E-state index in [9.17, 15) is 8.78 Å². The van der Waals surface area contributed by atoms with Gasteiger partial charge in [-0.25, -0.2) is 0 Å². The minimum atomic E-state index is -0.515. The fourth-order valence-corrected chi connectivity index (χ4v) is 2.68. The second kappa shape index (κ2) is 10.1. The first-order chi connectivity index (χ1) is 12.3. The molecule has 0 bridgehead atoms. The third-order valence-corrected chi connectivity index (χ3v) is 3.98. The van der Waals surface area contributed by atoms with Crippen molar-refractivity contribution in [1.82, 2.24) is 4.57 Å².